The lowest BCUT2D eigenvalue weighted by molar-refractivity contribution is 0.302. The minimum absolute atomic E-state index is 0.0182. The number of H-pyrrole nitrogens is 1. The second-order valence-corrected chi connectivity index (χ2v) is 9.55. The van der Waals surface area contributed by atoms with Crippen LogP contribution in [0.1, 0.15) is 90.5 Å². The van der Waals surface area contributed by atoms with Gasteiger partial charge in [0.15, 0.2) is 0 Å². The van der Waals surface area contributed by atoms with Crippen LogP contribution in [0.5, 0.6) is 6.01 Å². The summed E-state index contributed by atoms with van der Waals surface area (Å²) in [4.78, 5) is 36.9. The molecule has 2 heterocycles. The number of oxime groups is 1. The van der Waals surface area contributed by atoms with Crippen molar-refractivity contribution in [1.29, 1.82) is 0 Å². The number of aromatic amines is 1. The Morgan fingerprint density at radius 3 is 2.48 bits per heavy atom. The average Bonchev–Trinajstić information content (AvgIpc) is 3.68. The Morgan fingerprint density at radius 2 is 1.84 bits per heavy atom. The van der Waals surface area contributed by atoms with Crippen LogP contribution in [0.25, 0.3) is 11.1 Å². The first-order valence-corrected chi connectivity index (χ1v) is 11.7. The minimum Gasteiger partial charge on any atom is -0.403 e. The molecule has 0 bridgehead atoms. The van der Waals surface area contributed by atoms with E-state index in [-0.39, 0.29) is 17.3 Å². The van der Waals surface area contributed by atoms with Crippen LogP contribution < -0.4 is 16.0 Å². The summed E-state index contributed by atoms with van der Waals surface area (Å²) < 4.78 is 5.20. The highest BCUT2D eigenvalue weighted by Crippen LogP contribution is 2.55. The monoisotopic (exact) mass is 427 g/mol. The van der Waals surface area contributed by atoms with Crippen LogP contribution in [0.4, 0.5) is 0 Å². The quantitative estimate of drug-likeness (QED) is 0.646. The smallest absolute Gasteiger partial charge is 0.337 e. The summed E-state index contributed by atoms with van der Waals surface area (Å²) in [7, 11) is 0. The fourth-order valence-electron chi connectivity index (χ4n) is 4.48. The zero-order chi connectivity index (χ0) is 22.1. The van der Waals surface area contributed by atoms with Gasteiger partial charge in [-0.05, 0) is 87.0 Å². The molecule has 1 spiro atoms. The molecule has 2 aromatic rings. The van der Waals surface area contributed by atoms with Crippen LogP contribution >= 0.6 is 0 Å². The largest absolute Gasteiger partial charge is 0.403 e. The van der Waals surface area contributed by atoms with Gasteiger partial charge in [0, 0.05) is 6.07 Å². The molecule has 3 saturated carbocycles. The van der Waals surface area contributed by atoms with Gasteiger partial charge >= 0.3 is 11.6 Å². The molecule has 31 heavy (non-hydrogen) atoms. The van der Waals surface area contributed by atoms with Crippen LogP contribution in [-0.2, 0) is 6.42 Å². The number of hydrogen-bond acceptors (Lipinski definition) is 6. The molecule has 0 unspecified atom stereocenters. The van der Waals surface area contributed by atoms with Crippen molar-refractivity contribution in [3.63, 3.8) is 0 Å². The summed E-state index contributed by atoms with van der Waals surface area (Å²) in [6.45, 7) is 6.28. The third-order valence-electron chi connectivity index (χ3n) is 7.11. The highest BCUT2D eigenvalue weighted by Gasteiger charge is 2.44. The highest BCUT2D eigenvalue weighted by atomic mass is 16.6. The van der Waals surface area contributed by atoms with Gasteiger partial charge in [0.1, 0.15) is 5.39 Å². The number of aryl methyl sites for hydroxylation is 1. The molecular formula is C24H33N3O4. The molecule has 5 rings (SSSR count). The van der Waals surface area contributed by atoms with E-state index in [9.17, 15) is 9.59 Å². The van der Waals surface area contributed by atoms with Crippen LogP contribution in [-0.4, -0.2) is 15.7 Å². The Labute approximate surface area is 182 Å². The van der Waals surface area contributed by atoms with Crippen LogP contribution in [0.15, 0.2) is 25.2 Å². The van der Waals surface area contributed by atoms with Crippen molar-refractivity contribution in [3.8, 4) is 6.01 Å². The number of nitrogens with zero attached hydrogens (tertiary/aromatic N) is 2. The van der Waals surface area contributed by atoms with Crippen molar-refractivity contribution in [3.05, 3.63) is 32.4 Å². The Balaban J connectivity index is 0.00000112. The van der Waals surface area contributed by atoms with E-state index >= 15 is 0 Å². The summed E-state index contributed by atoms with van der Waals surface area (Å²) in [5.41, 5.74) is 1.86. The fraction of sp³-hybridized carbons (Fsp3) is 0.667. The molecule has 168 valence electrons. The molecule has 7 heteroatoms. The molecule has 0 aromatic carbocycles. The summed E-state index contributed by atoms with van der Waals surface area (Å²) >= 11 is 0. The highest BCUT2D eigenvalue weighted by molar-refractivity contribution is 5.85. The molecule has 7 nitrogen and oxygen atoms in total. The molecule has 0 radical (unpaired) electrons. The zero-order valence-corrected chi connectivity index (χ0v) is 18.9. The van der Waals surface area contributed by atoms with Gasteiger partial charge in [-0.2, -0.15) is 4.98 Å². The van der Waals surface area contributed by atoms with Crippen molar-refractivity contribution < 1.29 is 9.25 Å². The lowest BCUT2D eigenvalue weighted by Crippen LogP contribution is -2.17. The Hall–Kier alpha value is -2.44. The molecule has 0 amide bonds. The SMILES string of the molecule is CC.CC1(CCCc2cc(=O)oc3nc(ON=C4CCC5(CC4)CC5)[nH]c(=O)c23)CC1. The molecule has 0 saturated heterocycles. The van der Waals surface area contributed by atoms with E-state index < -0.39 is 5.63 Å². The van der Waals surface area contributed by atoms with Crippen molar-refractivity contribution in [2.24, 2.45) is 16.0 Å². The predicted octanol–water partition coefficient (Wildman–Crippen LogP) is 5.11. The summed E-state index contributed by atoms with van der Waals surface area (Å²) in [6.07, 6.45) is 12.1. The summed E-state index contributed by atoms with van der Waals surface area (Å²) in [5.74, 6) is 0. The maximum Gasteiger partial charge on any atom is 0.337 e. The average molecular weight is 428 g/mol. The number of aromatic nitrogens is 2. The molecule has 3 aliphatic carbocycles. The van der Waals surface area contributed by atoms with Gasteiger partial charge in [-0.25, -0.2) is 4.79 Å². The van der Waals surface area contributed by atoms with Crippen molar-refractivity contribution >= 4 is 16.8 Å². The maximum absolute atomic E-state index is 12.7. The van der Waals surface area contributed by atoms with Crippen molar-refractivity contribution in [1.82, 2.24) is 9.97 Å². The molecule has 1 N–H and O–H groups in total. The molecule has 3 fully saturated rings. The van der Waals surface area contributed by atoms with Gasteiger partial charge in [0.25, 0.3) is 5.56 Å². The van der Waals surface area contributed by atoms with Gasteiger partial charge in [-0.15, -0.1) is 0 Å². The van der Waals surface area contributed by atoms with E-state index in [1.807, 2.05) is 13.8 Å². The van der Waals surface area contributed by atoms with Crippen LogP contribution in [0.3, 0.4) is 0 Å². The minimum atomic E-state index is -0.498. The lowest BCUT2D eigenvalue weighted by Gasteiger charge is -2.21. The lowest BCUT2D eigenvalue weighted by atomic mass is 9.85. The van der Waals surface area contributed by atoms with Crippen molar-refractivity contribution in [2.75, 3.05) is 0 Å². The van der Waals surface area contributed by atoms with E-state index in [4.69, 9.17) is 9.25 Å². The van der Waals surface area contributed by atoms with Crippen LogP contribution in [0.2, 0.25) is 0 Å². The normalized spacial score (nSPS) is 20.2. The Bertz CT molecular complexity index is 1080. The number of rotatable bonds is 6. The second kappa shape index (κ2) is 8.60. The molecule has 2 aromatic heterocycles. The van der Waals surface area contributed by atoms with E-state index in [1.165, 1.54) is 31.7 Å². The third kappa shape index (κ3) is 5.08. The maximum atomic E-state index is 12.7. The number of hydrogen-bond donors (Lipinski definition) is 1. The Morgan fingerprint density at radius 1 is 1.13 bits per heavy atom. The van der Waals surface area contributed by atoms with E-state index in [0.29, 0.717) is 28.2 Å². The first-order chi connectivity index (χ1) is 14.9. The van der Waals surface area contributed by atoms with Gasteiger partial charge in [-0.1, -0.05) is 25.9 Å². The molecular weight excluding hydrogens is 394 g/mol. The first-order valence-electron chi connectivity index (χ1n) is 11.7. The van der Waals surface area contributed by atoms with E-state index in [0.717, 1.165) is 44.2 Å². The van der Waals surface area contributed by atoms with E-state index in [1.54, 1.807) is 0 Å². The molecule has 0 atom stereocenters. The fourth-order valence-corrected chi connectivity index (χ4v) is 4.48. The Kier molecular flexibility index (Phi) is 6.04. The van der Waals surface area contributed by atoms with Gasteiger partial charge in [0.2, 0.25) is 5.71 Å². The number of fused-ring (bicyclic) bond motifs is 1. The summed E-state index contributed by atoms with van der Waals surface area (Å²) in [6, 6.07) is 1.37. The second-order valence-electron chi connectivity index (χ2n) is 9.55. The van der Waals surface area contributed by atoms with Gasteiger partial charge in [0.05, 0.1) is 5.71 Å². The third-order valence-corrected chi connectivity index (χ3v) is 7.11. The first kappa shape index (κ1) is 21.8. The molecule has 3 aliphatic rings. The standard InChI is InChI=1S/C22H27N3O4.C2H6/c1-21(9-10-21)6-2-3-14-13-16(26)28-19-17(14)18(27)23-20(24-19)29-25-15-4-7-22(8-5-15)11-12-22;1-2/h13H,2-12H2,1H3,(H,23,24,27);1-2H3. The number of nitrogens with one attached hydrogen (secondary N) is 1. The predicted molar refractivity (Wildman–Crippen MR) is 121 cm³/mol. The topological polar surface area (TPSA) is 97.5 Å². The molecule has 0 aliphatic heterocycles. The van der Waals surface area contributed by atoms with Gasteiger partial charge in [-0.3, -0.25) is 9.78 Å². The van der Waals surface area contributed by atoms with Crippen LogP contribution in [0, 0.1) is 10.8 Å². The van der Waals surface area contributed by atoms with Crippen molar-refractivity contribution in [2.45, 2.75) is 91.4 Å². The zero-order valence-electron chi connectivity index (χ0n) is 18.9. The summed E-state index contributed by atoms with van der Waals surface area (Å²) in [5, 5.41) is 4.52. The van der Waals surface area contributed by atoms with Gasteiger partial charge < -0.3 is 9.25 Å². The van der Waals surface area contributed by atoms with E-state index in [2.05, 4.69) is 22.0 Å².